The molecule has 1 aromatic carbocycles. The van der Waals surface area contributed by atoms with Crippen LogP contribution >= 0.6 is 15.9 Å². The quantitative estimate of drug-likeness (QED) is 0.897. The third-order valence-corrected chi connectivity index (χ3v) is 2.49. The first kappa shape index (κ1) is 13.1. The molecule has 0 atom stereocenters. The van der Waals surface area contributed by atoms with E-state index in [4.69, 9.17) is 0 Å². The van der Waals surface area contributed by atoms with Gasteiger partial charge in [-0.3, -0.25) is 4.79 Å². The molecule has 0 unspecified atom stereocenters. The summed E-state index contributed by atoms with van der Waals surface area (Å²) in [5.41, 5.74) is -0.385. The van der Waals surface area contributed by atoms with Gasteiger partial charge in [-0.2, -0.15) is 0 Å². The maximum Gasteiger partial charge on any atom is 0.224 e. The molecule has 16 heavy (non-hydrogen) atoms. The third-order valence-electron chi connectivity index (χ3n) is 2.03. The predicted molar refractivity (Wildman–Crippen MR) is 62.2 cm³/mol. The molecule has 0 aliphatic rings. The predicted octanol–water partition coefficient (Wildman–Crippen LogP) is 3.86. The highest BCUT2D eigenvalue weighted by atomic mass is 79.9. The minimum Gasteiger partial charge on any atom is -0.321 e. The van der Waals surface area contributed by atoms with Crippen molar-refractivity contribution in [2.45, 2.75) is 26.2 Å². The Labute approximate surface area is 101 Å². The van der Waals surface area contributed by atoms with Crippen LogP contribution in [0.5, 0.6) is 0 Å². The van der Waals surface area contributed by atoms with Gasteiger partial charge in [0.25, 0.3) is 0 Å². The van der Waals surface area contributed by atoms with Gasteiger partial charge in [0, 0.05) is 10.9 Å². The Bertz CT molecular complexity index is 373. The SMILES string of the molecule is CCCCC(=O)Nc1c(F)cc(Br)cc1F. The Hall–Kier alpha value is -0.970. The molecular formula is C11H12BrF2NO. The zero-order chi connectivity index (χ0) is 12.1. The summed E-state index contributed by atoms with van der Waals surface area (Å²) in [6.45, 7) is 1.94. The van der Waals surface area contributed by atoms with Crippen molar-refractivity contribution >= 4 is 27.5 Å². The number of carbonyl (C=O) groups is 1. The van der Waals surface area contributed by atoms with Gasteiger partial charge >= 0.3 is 0 Å². The van der Waals surface area contributed by atoms with E-state index in [0.29, 0.717) is 10.9 Å². The molecule has 0 aliphatic heterocycles. The number of rotatable bonds is 4. The van der Waals surface area contributed by atoms with Gasteiger partial charge in [0.2, 0.25) is 5.91 Å². The van der Waals surface area contributed by atoms with E-state index in [-0.39, 0.29) is 18.0 Å². The van der Waals surface area contributed by atoms with E-state index in [1.807, 2.05) is 6.92 Å². The van der Waals surface area contributed by atoms with Gasteiger partial charge in [-0.25, -0.2) is 8.78 Å². The molecule has 2 nitrogen and oxygen atoms in total. The normalized spacial score (nSPS) is 10.2. The number of halogens is 3. The second kappa shape index (κ2) is 5.94. The first-order chi connectivity index (χ1) is 7.54. The number of benzene rings is 1. The van der Waals surface area contributed by atoms with Gasteiger partial charge in [-0.1, -0.05) is 29.3 Å². The van der Waals surface area contributed by atoms with E-state index in [1.165, 1.54) is 0 Å². The van der Waals surface area contributed by atoms with Crippen LogP contribution in [0.4, 0.5) is 14.5 Å². The van der Waals surface area contributed by atoms with Crippen molar-refractivity contribution in [1.82, 2.24) is 0 Å². The minimum absolute atomic E-state index is 0.269. The smallest absolute Gasteiger partial charge is 0.224 e. The van der Waals surface area contributed by atoms with Crippen molar-refractivity contribution in [1.29, 1.82) is 0 Å². The van der Waals surface area contributed by atoms with Crippen LogP contribution in [0, 0.1) is 11.6 Å². The highest BCUT2D eigenvalue weighted by molar-refractivity contribution is 9.10. The number of unbranched alkanes of at least 4 members (excludes halogenated alkanes) is 1. The topological polar surface area (TPSA) is 29.1 Å². The summed E-state index contributed by atoms with van der Waals surface area (Å²) in [6, 6.07) is 2.22. The molecule has 1 aromatic rings. The second-order valence-corrected chi connectivity index (χ2v) is 4.31. The number of hydrogen-bond donors (Lipinski definition) is 1. The van der Waals surface area contributed by atoms with Crippen LogP contribution in [0.15, 0.2) is 16.6 Å². The molecule has 0 fully saturated rings. The van der Waals surface area contributed by atoms with Gasteiger partial charge in [-0.15, -0.1) is 0 Å². The third kappa shape index (κ3) is 3.56. The number of nitrogens with one attached hydrogen (secondary N) is 1. The van der Waals surface area contributed by atoms with Gasteiger partial charge < -0.3 is 5.32 Å². The second-order valence-electron chi connectivity index (χ2n) is 3.40. The summed E-state index contributed by atoms with van der Waals surface area (Å²) < 4.78 is 26.9. The van der Waals surface area contributed by atoms with Crippen LogP contribution in [-0.4, -0.2) is 5.91 Å². The lowest BCUT2D eigenvalue weighted by Gasteiger charge is -2.07. The maximum atomic E-state index is 13.3. The van der Waals surface area contributed by atoms with Crippen molar-refractivity contribution < 1.29 is 13.6 Å². The standard InChI is InChI=1S/C11H12BrF2NO/c1-2-3-4-10(16)15-11-8(13)5-7(12)6-9(11)14/h5-6H,2-4H2,1H3,(H,15,16). The fourth-order valence-electron chi connectivity index (χ4n) is 1.20. The van der Waals surface area contributed by atoms with Crippen LogP contribution < -0.4 is 5.32 Å². The fraction of sp³-hybridized carbons (Fsp3) is 0.364. The summed E-state index contributed by atoms with van der Waals surface area (Å²) in [5.74, 6) is -1.93. The average Bonchev–Trinajstić information content (AvgIpc) is 2.20. The summed E-state index contributed by atoms with van der Waals surface area (Å²) in [6.07, 6.45) is 1.83. The van der Waals surface area contributed by atoms with Crippen molar-refractivity contribution in [3.63, 3.8) is 0 Å². The number of anilines is 1. The molecule has 88 valence electrons. The van der Waals surface area contributed by atoms with Crippen LogP contribution in [0.25, 0.3) is 0 Å². The van der Waals surface area contributed by atoms with Crippen molar-refractivity contribution in [2.24, 2.45) is 0 Å². The zero-order valence-electron chi connectivity index (χ0n) is 8.82. The molecule has 0 heterocycles. The number of amides is 1. The van der Waals surface area contributed by atoms with Crippen LogP contribution in [0.3, 0.4) is 0 Å². The highest BCUT2D eigenvalue weighted by Crippen LogP contribution is 2.23. The monoisotopic (exact) mass is 291 g/mol. The molecule has 0 saturated heterocycles. The van der Waals surface area contributed by atoms with Crippen molar-refractivity contribution in [3.8, 4) is 0 Å². The molecule has 0 aromatic heterocycles. The lowest BCUT2D eigenvalue weighted by Crippen LogP contribution is -2.13. The average molecular weight is 292 g/mol. The molecule has 0 saturated carbocycles. The molecule has 1 N–H and O–H groups in total. The Morgan fingerprint density at radius 3 is 2.44 bits per heavy atom. The van der Waals surface area contributed by atoms with Crippen LogP contribution in [0.1, 0.15) is 26.2 Å². The molecule has 0 radical (unpaired) electrons. The Morgan fingerprint density at radius 2 is 1.94 bits per heavy atom. The van der Waals surface area contributed by atoms with E-state index in [1.54, 1.807) is 0 Å². The minimum atomic E-state index is -0.781. The van der Waals surface area contributed by atoms with E-state index < -0.39 is 11.6 Å². The Morgan fingerprint density at radius 1 is 1.38 bits per heavy atom. The van der Waals surface area contributed by atoms with E-state index in [0.717, 1.165) is 18.6 Å². The first-order valence-corrected chi connectivity index (χ1v) is 5.78. The molecular weight excluding hydrogens is 280 g/mol. The highest BCUT2D eigenvalue weighted by Gasteiger charge is 2.12. The van der Waals surface area contributed by atoms with Crippen molar-refractivity contribution in [2.75, 3.05) is 5.32 Å². The molecule has 1 rings (SSSR count). The maximum absolute atomic E-state index is 13.3. The van der Waals surface area contributed by atoms with E-state index in [9.17, 15) is 13.6 Å². The fourth-order valence-corrected chi connectivity index (χ4v) is 1.60. The molecule has 0 bridgehead atoms. The zero-order valence-corrected chi connectivity index (χ0v) is 10.4. The summed E-state index contributed by atoms with van der Waals surface area (Å²) in [5, 5.41) is 2.23. The number of hydrogen-bond acceptors (Lipinski definition) is 1. The lowest BCUT2D eigenvalue weighted by molar-refractivity contribution is -0.116. The molecule has 0 spiro atoms. The van der Waals surface area contributed by atoms with E-state index in [2.05, 4.69) is 21.2 Å². The molecule has 1 amide bonds. The Balaban J connectivity index is 2.77. The molecule has 5 heteroatoms. The van der Waals surface area contributed by atoms with Gasteiger partial charge in [-0.05, 0) is 18.6 Å². The first-order valence-electron chi connectivity index (χ1n) is 4.99. The summed E-state index contributed by atoms with van der Waals surface area (Å²) >= 11 is 2.96. The molecule has 0 aliphatic carbocycles. The van der Waals surface area contributed by atoms with E-state index >= 15 is 0 Å². The summed E-state index contributed by atoms with van der Waals surface area (Å²) in [4.78, 5) is 11.3. The number of carbonyl (C=O) groups excluding carboxylic acids is 1. The van der Waals surface area contributed by atoms with Crippen molar-refractivity contribution in [3.05, 3.63) is 28.2 Å². The Kier molecular flexibility index (Phi) is 4.86. The lowest BCUT2D eigenvalue weighted by atomic mass is 10.2. The summed E-state index contributed by atoms with van der Waals surface area (Å²) in [7, 11) is 0. The largest absolute Gasteiger partial charge is 0.321 e. The van der Waals surface area contributed by atoms with Gasteiger partial charge in [0.05, 0.1) is 0 Å². The van der Waals surface area contributed by atoms with Crippen LogP contribution in [0.2, 0.25) is 0 Å². The van der Waals surface area contributed by atoms with Gasteiger partial charge in [0.15, 0.2) is 11.6 Å². The van der Waals surface area contributed by atoms with Crippen LogP contribution in [-0.2, 0) is 4.79 Å². The van der Waals surface area contributed by atoms with Gasteiger partial charge in [0.1, 0.15) is 5.69 Å².